The highest BCUT2D eigenvalue weighted by Crippen LogP contribution is 2.38. The van der Waals surface area contributed by atoms with E-state index in [1.165, 1.54) is 49.4 Å². The number of nitrogens with zero attached hydrogens (tertiary/aromatic N) is 3. The van der Waals surface area contributed by atoms with Gasteiger partial charge in [-0.15, -0.1) is 0 Å². The molecule has 0 aliphatic heterocycles. The van der Waals surface area contributed by atoms with Crippen LogP contribution in [-0.4, -0.2) is 26.6 Å². The average molecular weight is 436 g/mol. The van der Waals surface area contributed by atoms with E-state index >= 15 is 0 Å². The molecule has 2 N–H and O–H groups in total. The molecule has 0 atom stereocenters. The summed E-state index contributed by atoms with van der Waals surface area (Å²) in [6, 6.07) is 16.6. The van der Waals surface area contributed by atoms with Crippen LogP contribution in [-0.2, 0) is 5.41 Å². The van der Waals surface area contributed by atoms with E-state index in [4.69, 9.17) is 12.2 Å². The first-order valence-corrected chi connectivity index (χ1v) is 11.5. The lowest BCUT2D eigenvalue weighted by atomic mass is 9.69. The maximum absolute atomic E-state index is 5.57. The second-order valence-electron chi connectivity index (χ2n) is 7.53. The summed E-state index contributed by atoms with van der Waals surface area (Å²) in [4.78, 5) is 12.9. The van der Waals surface area contributed by atoms with E-state index in [-0.39, 0.29) is 5.41 Å². The van der Waals surface area contributed by atoms with Crippen molar-refractivity contribution in [2.24, 2.45) is 0 Å². The largest absolute Gasteiger partial charge is 0.362 e. The van der Waals surface area contributed by atoms with E-state index in [1.807, 2.05) is 12.1 Å². The minimum Gasteiger partial charge on any atom is -0.362 e. The molecular weight excluding hydrogens is 410 g/mol. The molecule has 0 unspecified atom stereocenters. The third-order valence-corrected chi connectivity index (χ3v) is 6.61. The summed E-state index contributed by atoms with van der Waals surface area (Å²) in [5.74, 6) is 0. The van der Waals surface area contributed by atoms with Gasteiger partial charge >= 0.3 is 0 Å². The van der Waals surface area contributed by atoms with Crippen molar-refractivity contribution in [2.45, 2.75) is 47.7 Å². The fraction of sp³-hybridized carbons (Fsp3) is 0.304. The fourth-order valence-electron chi connectivity index (χ4n) is 3.96. The van der Waals surface area contributed by atoms with Crippen LogP contribution >= 0.6 is 24.0 Å². The summed E-state index contributed by atoms with van der Waals surface area (Å²) in [6.07, 6.45) is 11.5. The molecule has 0 bridgehead atoms. The van der Waals surface area contributed by atoms with E-state index in [2.05, 4.69) is 55.9 Å². The van der Waals surface area contributed by atoms with Crippen molar-refractivity contribution < 1.29 is 0 Å². The van der Waals surface area contributed by atoms with Gasteiger partial charge in [-0.3, -0.25) is 0 Å². The van der Waals surface area contributed by atoms with E-state index in [9.17, 15) is 0 Å². The highest BCUT2D eigenvalue weighted by molar-refractivity contribution is 7.99. The van der Waals surface area contributed by atoms with Crippen LogP contribution in [0.3, 0.4) is 0 Å². The van der Waals surface area contributed by atoms with Gasteiger partial charge in [0.05, 0.1) is 11.9 Å². The van der Waals surface area contributed by atoms with Crippen molar-refractivity contribution in [3.05, 3.63) is 72.7 Å². The Morgan fingerprint density at radius 3 is 2.40 bits per heavy atom. The second kappa shape index (κ2) is 10.00. The average Bonchev–Trinajstić information content (AvgIpc) is 2.81. The molecule has 30 heavy (non-hydrogen) atoms. The van der Waals surface area contributed by atoms with Crippen LogP contribution in [0.4, 0.5) is 5.69 Å². The lowest BCUT2D eigenvalue weighted by molar-refractivity contribution is 0.292. The highest BCUT2D eigenvalue weighted by atomic mass is 32.2. The molecule has 2 heterocycles. The Morgan fingerprint density at radius 2 is 1.70 bits per heavy atom. The molecule has 3 aromatic rings. The lowest BCUT2D eigenvalue weighted by Gasteiger charge is -2.38. The van der Waals surface area contributed by atoms with Crippen molar-refractivity contribution in [3.63, 3.8) is 0 Å². The zero-order valence-electron chi connectivity index (χ0n) is 16.8. The number of nitrogens with one attached hydrogen (secondary N) is 2. The Bertz CT molecular complexity index is 942. The normalized spacial score (nSPS) is 15.3. The van der Waals surface area contributed by atoms with Crippen molar-refractivity contribution in [1.29, 1.82) is 0 Å². The Hall–Kier alpha value is -2.51. The van der Waals surface area contributed by atoms with Gasteiger partial charge in [0.15, 0.2) is 10.3 Å². The summed E-state index contributed by atoms with van der Waals surface area (Å²) in [5.41, 5.74) is 2.43. The number of anilines is 1. The van der Waals surface area contributed by atoms with Gasteiger partial charge in [-0.2, -0.15) is 0 Å². The number of rotatable bonds is 6. The number of hydrogen-bond donors (Lipinski definition) is 2. The van der Waals surface area contributed by atoms with Gasteiger partial charge in [-0.1, -0.05) is 49.6 Å². The Balaban J connectivity index is 1.34. The Morgan fingerprint density at radius 1 is 0.933 bits per heavy atom. The van der Waals surface area contributed by atoms with Gasteiger partial charge in [0, 0.05) is 24.4 Å². The van der Waals surface area contributed by atoms with Gasteiger partial charge < -0.3 is 10.6 Å². The molecule has 5 nitrogen and oxygen atoms in total. The third-order valence-electron chi connectivity index (χ3n) is 5.52. The predicted octanol–water partition coefficient (Wildman–Crippen LogP) is 5.21. The first kappa shape index (κ1) is 20.8. The van der Waals surface area contributed by atoms with Gasteiger partial charge in [0.25, 0.3) is 0 Å². The van der Waals surface area contributed by atoms with Crippen molar-refractivity contribution in [2.75, 3.05) is 11.9 Å². The van der Waals surface area contributed by atoms with Crippen LogP contribution in [0.5, 0.6) is 0 Å². The topological polar surface area (TPSA) is 62.7 Å². The highest BCUT2D eigenvalue weighted by Gasteiger charge is 2.33. The number of hydrogen-bond acceptors (Lipinski definition) is 5. The Labute approximate surface area is 187 Å². The summed E-state index contributed by atoms with van der Waals surface area (Å²) >= 11 is 7.00. The first-order valence-electron chi connectivity index (χ1n) is 10.2. The minimum atomic E-state index is 0.152. The van der Waals surface area contributed by atoms with Crippen molar-refractivity contribution in [1.82, 2.24) is 20.3 Å². The molecule has 7 heteroatoms. The lowest BCUT2D eigenvalue weighted by Crippen LogP contribution is -2.43. The number of thiocarbonyl (C=S) groups is 1. The summed E-state index contributed by atoms with van der Waals surface area (Å²) in [6.45, 7) is 0.843. The molecule has 1 aromatic carbocycles. The van der Waals surface area contributed by atoms with Gasteiger partial charge in [-0.25, -0.2) is 15.0 Å². The minimum absolute atomic E-state index is 0.152. The van der Waals surface area contributed by atoms with Crippen molar-refractivity contribution >= 4 is 34.8 Å². The third kappa shape index (κ3) is 5.34. The summed E-state index contributed by atoms with van der Waals surface area (Å²) in [7, 11) is 0. The van der Waals surface area contributed by atoms with Crippen LogP contribution < -0.4 is 10.6 Å². The number of benzene rings is 1. The maximum atomic E-state index is 5.57. The van der Waals surface area contributed by atoms with E-state index in [1.54, 1.807) is 24.7 Å². The predicted molar refractivity (Wildman–Crippen MR) is 126 cm³/mol. The summed E-state index contributed by atoms with van der Waals surface area (Å²) < 4.78 is 0. The first-order chi connectivity index (χ1) is 14.7. The van der Waals surface area contributed by atoms with Crippen LogP contribution in [0.15, 0.2) is 77.3 Å². The monoisotopic (exact) mass is 435 g/mol. The quantitative estimate of drug-likeness (QED) is 0.407. The molecule has 1 aliphatic carbocycles. The van der Waals surface area contributed by atoms with Crippen LogP contribution in [0.1, 0.15) is 37.7 Å². The van der Waals surface area contributed by atoms with E-state index < -0.39 is 0 Å². The van der Waals surface area contributed by atoms with Crippen LogP contribution in [0, 0.1) is 0 Å². The maximum Gasteiger partial charge on any atom is 0.193 e. The molecule has 154 valence electrons. The molecule has 1 aliphatic rings. The van der Waals surface area contributed by atoms with Crippen LogP contribution in [0.25, 0.3) is 0 Å². The smallest absolute Gasteiger partial charge is 0.193 e. The molecule has 2 aromatic heterocycles. The molecule has 4 rings (SSSR count). The molecule has 0 spiro atoms. The zero-order chi connectivity index (χ0) is 20.7. The van der Waals surface area contributed by atoms with Crippen LogP contribution in [0.2, 0.25) is 0 Å². The van der Waals surface area contributed by atoms with E-state index in [0.29, 0.717) is 10.3 Å². The van der Waals surface area contributed by atoms with Gasteiger partial charge in [0.1, 0.15) is 5.03 Å². The molecule has 0 radical (unpaired) electrons. The SMILES string of the molecule is S=C(NCC1(c2ccccc2)CCCCC1)Nc1ccc(Sc2ncccn2)nc1. The molecular formula is C23H25N5S2. The standard InChI is InChI=1S/C23H25N5S2/c29-21(27-17-23(12-5-2-6-13-23)18-8-3-1-4-9-18)28-19-10-11-20(26-16-19)30-22-24-14-7-15-25-22/h1,3-4,7-11,14-16H,2,5-6,12-13,17H2,(H2,27,28,29). The molecule has 1 saturated carbocycles. The number of aromatic nitrogens is 3. The second-order valence-corrected chi connectivity index (χ2v) is 8.93. The molecule has 0 amide bonds. The summed E-state index contributed by atoms with van der Waals surface area (Å²) in [5, 5.41) is 8.88. The Kier molecular flexibility index (Phi) is 6.92. The van der Waals surface area contributed by atoms with Gasteiger partial charge in [0.2, 0.25) is 0 Å². The molecule has 0 saturated heterocycles. The molecule has 1 fully saturated rings. The fourth-order valence-corrected chi connectivity index (χ4v) is 4.80. The van der Waals surface area contributed by atoms with E-state index in [0.717, 1.165) is 17.3 Å². The number of pyridine rings is 1. The zero-order valence-corrected chi connectivity index (χ0v) is 18.4. The van der Waals surface area contributed by atoms with Gasteiger partial charge in [-0.05, 0) is 60.6 Å². The van der Waals surface area contributed by atoms with Crippen molar-refractivity contribution in [3.8, 4) is 0 Å².